The number of carbonyl (C=O) groups is 2. The van der Waals surface area contributed by atoms with Gasteiger partial charge in [0.15, 0.2) is 0 Å². The molecule has 2 aromatic rings. The SMILES string of the molecule is O=C(O)CC1C[C@H](O)CN1C(=O)c1ccc(-c2ccccc2)cc1. The van der Waals surface area contributed by atoms with E-state index in [4.69, 9.17) is 5.11 Å². The number of benzene rings is 2. The topological polar surface area (TPSA) is 77.8 Å². The van der Waals surface area contributed by atoms with Crippen molar-refractivity contribution in [3.63, 3.8) is 0 Å². The molecule has 0 radical (unpaired) electrons. The van der Waals surface area contributed by atoms with E-state index in [0.717, 1.165) is 11.1 Å². The summed E-state index contributed by atoms with van der Waals surface area (Å²) >= 11 is 0. The molecule has 1 heterocycles. The van der Waals surface area contributed by atoms with E-state index in [1.807, 2.05) is 42.5 Å². The Kier molecular flexibility index (Phi) is 4.62. The summed E-state index contributed by atoms with van der Waals surface area (Å²) in [6.45, 7) is 0.178. The number of nitrogens with zero attached hydrogens (tertiary/aromatic N) is 1. The highest BCUT2D eigenvalue weighted by atomic mass is 16.4. The number of β-amino-alcohol motifs (C(OH)–C–C–N with tert-alkyl or cyclic N) is 1. The van der Waals surface area contributed by atoms with Crippen LogP contribution in [0.4, 0.5) is 0 Å². The highest BCUT2D eigenvalue weighted by Gasteiger charge is 2.35. The van der Waals surface area contributed by atoms with E-state index in [1.165, 1.54) is 4.90 Å². The zero-order chi connectivity index (χ0) is 17.1. The van der Waals surface area contributed by atoms with Crippen LogP contribution in [0, 0.1) is 0 Å². The van der Waals surface area contributed by atoms with Crippen molar-refractivity contribution >= 4 is 11.9 Å². The molecule has 1 unspecified atom stereocenters. The van der Waals surface area contributed by atoms with Crippen LogP contribution in [-0.2, 0) is 4.79 Å². The first-order valence-corrected chi connectivity index (χ1v) is 7.91. The summed E-state index contributed by atoms with van der Waals surface area (Å²) in [6, 6.07) is 16.6. The van der Waals surface area contributed by atoms with Crippen LogP contribution in [0.2, 0.25) is 0 Å². The predicted octanol–water partition coefficient (Wildman–Crippen LogP) is 2.40. The number of aliphatic hydroxyl groups is 1. The molecule has 3 rings (SSSR count). The number of carboxylic acids is 1. The van der Waals surface area contributed by atoms with Crippen molar-refractivity contribution in [2.75, 3.05) is 6.54 Å². The van der Waals surface area contributed by atoms with Crippen LogP contribution in [-0.4, -0.2) is 45.7 Å². The Morgan fingerprint density at radius 1 is 1.00 bits per heavy atom. The van der Waals surface area contributed by atoms with Gasteiger partial charge in [-0.25, -0.2) is 0 Å². The van der Waals surface area contributed by atoms with Gasteiger partial charge in [0.05, 0.1) is 12.5 Å². The first kappa shape index (κ1) is 16.2. The Balaban J connectivity index is 1.78. The highest BCUT2D eigenvalue weighted by Crippen LogP contribution is 2.25. The van der Waals surface area contributed by atoms with Gasteiger partial charge < -0.3 is 15.1 Å². The average molecular weight is 325 g/mol. The standard InChI is InChI=1S/C19H19NO4/c21-17-10-16(11-18(22)23)20(12-17)19(24)15-8-6-14(7-9-15)13-4-2-1-3-5-13/h1-9,16-17,21H,10-12H2,(H,22,23)/t16?,17-/m0/s1. The number of aliphatic hydroxyl groups excluding tert-OH is 1. The molecule has 2 N–H and O–H groups in total. The zero-order valence-electron chi connectivity index (χ0n) is 13.1. The Morgan fingerprint density at radius 3 is 2.25 bits per heavy atom. The number of carbonyl (C=O) groups excluding carboxylic acids is 1. The van der Waals surface area contributed by atoms with E-state index < -0.39 is 18.1 Å². The molecule has 5 heteroatoms. The van der Waals surface area contributed by atoms with Crippen molar-refractivity contribution in [3.8, 4) is 11.1 Å². The van der Waals surface area contributed by atoms with Crippen molar-refractivity contribution < 1.29 is 19.8 Å². The average Bonchev–Trinajstić information content (AvgIpc) is 2.95. The molecule has 0 saturated carbocycles. The Bertz CT molecular complexity index is 727. The highest BCUT2D eigenvalue weighted by molar-refractivity contribution is 5.95. The second kappa shape index (κ2) is 6.84. The fraction of sp³-hybridized carbons (Fsp3) is 0.263. The van der Waals surface area contributed by atoms with Gasteiger partial charge in [0.1, 0.15) is 0 Å². The minimum Gasteiger partial charge on any atom is -0.481 e. The molecule has 1 saturated heterocycles. The smallest absolute Gasteiger partial charge is 0.305 e. The lowest BCUT2D eigenvalue weighted by atomic mass is 10.0. The molecule has 0 spiro atoms. The first-order chi connectivity index (χ1) is 11.5. The Morgan fingerprint density at radius 2 is 1.62 bits per heavy atom. The third kappa shape index (κ3) is 3.46. The van der Waals surface area contributed by atoms with Gasteiger partial charge >= 0.3 is 5.97 Å². The summed E-state index contributed by atoms with van der Waals surface area (Å²) in [5, 5.41) is 18.8. The minimum atomic E-state index is -0.966. The van der Waals surface area contributed by atoms with E-state index in [1.54, 1.807) is 12.1 Å². The lowest BCUT2D eigenvalue weighted by Crippen LogP contribution is -2.37. The van der Waals surface area contributed by atoms with E-state index >= 15 is 0 Å². The van der Waals surface area contributed by atoms with Gasteiger partial charge in [0.2, 0.25) is 0 Å². The van der Waals surface area contributed by atoms with Crippen LogP contribution in [0.1, 0.15) is 23.2 Å². The van der Waals surface area contributed by atoms with Crippen LogP contribution >= 0.6 is 0 Å². The summed E-state index contributed by atoms with van der Waals surface area (Å²) < 4.78 is 0. The lowest BCUT2D eigenvalue weighted by Gasteiger charge is -2.23. The minimum absolute atomic E-state index is 0.148. The number of hydrogen-bond acceptors (Lipinski definition) is 3. The molecule has 5 nitrogen and oxygen atoms in total. The quantitative estimate of drug-likeness (QED) is 0.905. The molecule has 1 fully saturated rings. The maximum atomic E-state index is 12.7. The molecular weight excluding hydrogens is 306 g/mol. The molecule has 2 aromatic carbocycles. The number of amides is 1. The van der Waals surface area contributed by atoms with E-state index in [9.17, 15) is 14.7 Å². The number of hydrogen-bond donors (Lipinski definition) is 2. The summed E-state index contributed by atoms with van der Waals surface area (Å²) in [6.07, 6.45) is -0.507. The predicted molar refractivity (Wildman–Crippen MR) is 89.6 cm³/mol. The maximum Gasteiger partial charge on any atom is 0.305 e. The summed E-state index contributed by atoms with van der Waals surface area (Å²) in [7, 11) is 0. The van der Waals surface area contributed by atoms with Crippen LogP contribution in [0.3, 0.4) is 0 Å². The monoisotopic (exact) mass is 325 g/mol. The van der Waals surface area contributed by atoms with Gasteiger partial charge in [-0.3, -0.25) is 9.59 Å². The molecule has 1 aliphatic rings. The molecule has 0 aromatic heterocycles. The number of carboxylic acid groups (broad SMARTS) is 1. The summed E-state index contributed by atoms with van der Waals surface area (Å²) in [5.74, 6) is -1.20. The van der Waals surface area contributed by atoms with Gasteiger partial charge in [-0.1, -0.05) is 42.5 Å². The van der Waals surface area contributed by atoms with Crippen LogP contribution < -0.4 is 0 Å². The fourth-order valence-corrected chi connectivity index (χ4v) is 3.14. The van der Waals surface area contributed by atoms with E-state index in [2.05, 4.69) is 0 Å². The van der Waals surface area contributed by atoms with Crippen molar-refractivity contribution in [1.29, 1.82) is 0 Å². The second-order valence-corrected chi connectivity index (χ2v) is 6.04. The summed E-state index contributed by atoms with van der Waals surface area (Å²) in [5.41, 5.74) is 2.58. The number of aliphatic carboxylic acids is 1. The van der Waals surface area contributed by atoms with Crippen molar-refractivity contribution in [3.05, 3.63) is 60.2 Å². The summed E-state index contributed by atoms with van der Waals surface area (Å²) in [4.78, 5) is 25.1. The normalized spacial score (nSPS) is 20.1. The van der Waals surface area contributed by atoms with E-state index in [0.29, 0.717) is 12.0 Å². The van der Waals surface area contributed by atoms with Crippen LogP contribution in [0.15, 0.2) is 54.6 Å². The molecule has 124 valence electrons. The molecule has 0 aliphatic carbocycles. The van der Waals surface area contributed by atoms with Crippen molar-refractivity contribution in [1.82, 2.24) is 4.90 Å². The molecule has 24 heavy (non-hydrogen) atoms. The molecule has 0 bridgehead atoms. The fourth-order valence-electron chi connectivity index (χ4n) is 3.14. The Hall–Kier alpha value is -2.66. The number of likely N-dealkylation sites (tertiary alicyclic amines) is 1. The largest absolute Gasteiger partial charge is 0.481 e. The van der Waals surface area contributed by atoms with Gasteiger partial charge in [-0.15, -0.1) is 0 Å². The first-order valence-electron chi connectivity index (χ1n) is 7.91. The molecule has 2 atom stereocenters. The third-order valence-corrected chi connectivity index (χ3v) is 4.30. The van der Waals surface area contributed by atoms with E-state index in [-0.39, 0.29) is 18.9 Å². The van der Waals surface area contributed by atoms with Crippen molar-refractivity contribution in [2.45, 2.75) is 25.0 Å². The van der Waals surface area contributed by atoms with Crippen LogP contribution in [0.25, 0.3) is 11.1 Å². The second-order valence-electron chi connectivity index (χ2n) is 6.04. The Labute approximate surface area is 140 Å². The van der Waals surface area contributed by atoms with Crippen molar-refractivity contribution in [2.24, 2.45) is 0 Å². The van der Waals surface area contributed by atoms with Crippen LogP contribution in [0.5, 0.6) is 0 Å². The molecule has 1 aliphatic heterocycles. The lowest BCUT2D eigenvalue weighted by molar-refractivity contribution is -0.137. The number of rotatable bonds is 4. The third-order valence-electron chi connectivity index (χ3n) is 4.30. The molecular formula is C19H19NO4. The maximum absolute atomic E-state index is 12.7. The van der Waals surface area contributed by atoms with Gasteiger partial charge in [-0.05, 0) is 29.7 Å². The van der Waals surface area contributed by atoms with Gasteiger partial charge in [-0.2, -0.15) is 0 Å². The van der Waals surface area contributed by atoms with Gasteiger partial charge in [0.25, 0.3) is 5.91 Å². The molecule has 1 amide bonds. The zero-order valence-corrected chi connectivity index (χ0v) is 13.1. The van der Waals surface area contributed by atoms with Gasteiger partial charge in [0, 0.05) is 18.2 Å².